The molecule has 3 rings (SSSR count). The molecule has 1 aromatic rings. The number of methoxy groups -OCH3 is 1. The van der Waals surface area contributed by atoms with Crippen LogP contribution in [0, 0.1) is 0 Å². The number of benzene rings is 1. The lowest BCUT2D eigenvalue weighted by Crippen LogP contribution is -2.52. The van der Waals surface area contributed by atoms with Crippen LogP contribution in [0.4, 0.5) is 5.69 Å². The van der Waals surface area contributed by atoms with Gasteiger partial charge in [-0.3, -0.25) is 29.3 Å². The SMILES string of the molecule is COC(=O)CCCCCCC(=O)Nc1cccc2c1CN(C1CCC(=O)NC1=O)C2=O. The first kappa shape index (κ1) is 22.5. The van der Waals surface area contributed by atoms with Crippen molar-refractivity contribution in [2.24, 2.45) is 0 Å². The molecule has 0 spiro atoms. The molecule has 9 heteroatoms. The molecule has 0 radical (unpaired) electrons. The Balaban J connectivity index is 1.53. The van der Waals surface area contributed by atoms with Crippen LogP contribution in [0.2, 0.25) is 0 Å². The lowest BCUT2D eigenvalue weighted by Gasteiger charge is -2.29. The predicted octanol–water partition coefficient (Wildman–Crippen LogP) is 1.90. The van der Waals surface area contributed by atoms with Crippen molar-refractivity contribution in [1.29, 1.82) is 0 Å². The summed E-state index contributed by atoms with van der Waals surface area (Å²) in [6.45, 7) is 0.213. The summed E-state index contributed by atoms with van der Waals surface area (Å²) < 4.78 is 4.59. The van der Waals surface area contributed by atoms with Gasteiger partial charge in [-0.1, -0.05) is 18.9 Å². The summed E-state index contributed by atoms with van der Waals surface area (Å²) in [5.74, 6) is -1.44. The maximum Gasteiger partial charge on any atom is 0.305 e. The standard InChI is InChI=1S/C22H27N3O6/c1-31-20(28)10-5-3-2-4-9-18(26)23-16-8-6-7-14-15(16)13-25(22(14)30)17-11-12-19(27)24-21(17)29/h6-8,17H,2-5,9-13H2,1H3,(H,23,26)(H,24,27,29). The van der Waals surface area contributed by atoms with Crippen LogP contribution >= 0.6 is 0 Å². The summed E-state index contributed by atoms with van der Waals surface area (Å²) in [6.07, 6.45) is 4.32. The molecule has 0 aromatic heterocycles. The summed E-state index contributed by atoms with van der Waals surface area (Å²) >= 11 is 0. The molecule has 31 heavy (non-hydrogen) atoms. The molecule has 1 aromatic carbocycles. The van der Waals surface area contributed by atoms with E-state index in [1.165, 1.54) is 12.0 Å². The zero-order valence-electron chi connectivity index (χ0n) is 17.6. The van der Waals surface area contributed by atoms with E-state index in [0.717, 1.165) is 19.3 Å². The fraction of sp³-hybridized carbons (Fsp3) is 0.500. The second-order valence-corrected chi connectivity index (χ2v) is 7.77. The number of carbonyl (C=O) groups is 5. The first-order chi connectivity index (χ1) is 14.9. The van der Waals surface area contributed by atoms with Crippen molar-refractivity contribution >= 4 is 35.3 Å². The number of carbonyl (C=O) groups excluding carboxylic acids is 5. The normalized spacial score (nSPS) is 17.9. The molecule has 2 N–H and O–H groups in total. The number of nitrogens with zero attached hydrogens (tertiary/aromatic N) is 1. The Morgan fingerprint density at radius 3 is 2.58 bits per heavy atom. The van der Waals surface area contributed by atoms with E-state index in [0.29, 0.717) is 42.5 Å². The van der Waals surface area contributed by atoms with Crippen LogP contribution in [0.15, 0.2) is 18.2 Å². The van der Waals surface area contributed by atoms with Gasteiger partial charge in [0.05, 0.1) is 7.11 Å². The Kier molecular flexibility index (Phi) is 7.38. The molecule has 0 aliphatic carbocycles. The average molecular weight is 429 g/mol. The number of imide groups is 1. The van der Waals surface area contributed by atoms with E-state index in [2.05, 4.69) is 15.4 Å². The maximum atomic E-state index is 12.8. The minimum Gasteiger partial charge on any atom is -0.469 e. The summed E-state index contributed by atoms with van der Waals surface area (Å²) in [7, 11) is 1.37. The molecule has 9 nitrogen and oxygen atoms in total. The van der Waals surface area contributed by atoms with Gasteiger partial charge in [-0.05, 0) is 31.4 Å². The summed E-state index contributed by atoms with van der Waals surface area (Å²) in [5.41, 5.74) is 1.71. The third-order valence-electron chi connectivity index (χ3n) is 5.62. The van der Waals surface area contributed by atoms with Crippen molar-refractivity contribution in [1.82, 2.24) is 10.2 Å². The number of unbranched alkanes of at least 4 members (excludes halogenated alkanes) is 3. The van der Waals surface area contributed by atoms with Crippen LogP contribution in [0.25, 0.3) is 0 Å². The van der Waals surface area contributed by atoms with Gasteiger partial charge in [0, 0.05) is 42.6 Å². The number of fused-ring (bicyclic) bond motifs is 1. The fourth-order valence-electron chi connectivity index (χ4n) is 3.93. The molecule has 1 atom stereocenters. The number of nitrogens with one attached hydrogen (secondary N) is 2. The Morgan fingerprint density at radius 2 is 1.87 bits per heavy atom. The van der Waals surface area contributed by atoms with Crippen molar-refractivity contribution in [2.75, 3.05) is 12.4 Å². The Labute approximate surface area is 180 Å². The number of hydrogen-bond acceptors (Lipinski definition) is 6. The lowest BCUT2D eigenvalue weighted by atomic mass is 10.0. The Bertz CT molecular complexity index is 897. The van der Waals surface area contributed by atoms with Gasteiger partial charge >= 0.3 is 5.97 Å². The van der Waals surface area contributed by atoms with Crippen LogP contribution in [-0.4, -0.2) is 47.6 Å². The minimum atomic E-state index is -0.689. The van der Waals surface area contributed by atoms with Crippen molar-refractivity contribution in [3.63, 3.8) is 0 Å². The molecule has 2 aliphatic rings. The number of esters is 1. The molecule has 166 valence electrons. The number of hydrogen-bond donors (Lipinski definition) is 2. The highest BCUT2D eigenvalue weighted by Crippen LogP contribution is 2.32. The third kappa shape index (κ3) is 5.48. The van der Waals surface area contributed by atoms with Crippen molar-refractivity contribution in [2.45, 2.75) is 64.0 Å². The number of piperidine rings is 1. The van der Waals surface area contributed by atoms with E-state index in [1.54, 1.807) is 18.2 Å². The van der Waals surface area contributed by atoms with Crippen LogP contribution in [0.5, 0.6) is 0 Å². The van der Waals surface area contributed by atoms with Crippen LogP contribution in [0.3, 0.4) is 0 Å². The first-order valence-corrected chi connectivity index (χ1v) is 10.5. The Hall–Kier alpha value is -3.23. The van der Waals surface area contributed by atoms with Crippen molar-refractivity contribution in [3.05, 3.63) is 29.3 Å². The second kappa shape index (κ2) is 10.2. The lowest BCUT2D eigenvalue weighted by molar-refractivity contribution is -0.141. The molecule has 0 bridgehead atoms. The molecule has 1 saturated heterocycles. The minimum absolute atomic E-state index is 0.145. The summed E-state index contributed by atoms with van der Waals surface area (Å²) in [5, 5.41) is 5.16. The van der Waals surface area contributed by atoms with Gasteiger partial charge in [0.2, 0.25) is 17.7 Å². The highest BCUT2D eigenvalue weighted by Gasteiger charge is 2.39. The van der Waals surface area contributed by atoms with E-state index in [4.69, 9.17) is 0 Å². The van der Waals surface area contributed by atoms with Gasteiger partial charge in [0.15, 0.2) is 0 Å². The van der Waals surface area contributed by atoms with E-state index in [9.17, 15) is 24.0 Å². The van der Waals surface area contributed by atoms with Gasteiger partial charge < -0.3 is 15.0 Å². The molecule has 4 amide bonds. The smallest absolute Gasteiger partial charge is 0.305 e. The average Bonchev–Trinajstić information content (AvgIpc) is 3.08. The first-order valence-electron chi connectivity index (χ1n) is 10.5. The fourth-order valence-corrected chi connectivity index (χ4v) is 3.93. The van der Waals surface area contributed by atoms with Gasteiger partial charge in [0.25, 0.3) is 5.91 Å². The van der Waals surface area contributed by atoms with Crippen LogP contribution in [0.1, 0.15) is 67.3 Å². The molecule has 0 saturated carbocycles. The number of rotatable bonds is 9. The molecular weight excluding hydrogens is 402 g/mol. The van der Waals surface area contributed by atoms with E-state index in [-0.39, 0.29) is 36.7 Å². The molecule has 2 aliphatic heterocycles. The highest BCUT2D eigenvalue weighted by atomic mass is 16.5. The van der Waals surface area contributed by atoms with Crippen molar-refractivity contribution in [3.8, 4) is 0 Å². The molecule has 1 unspecified atom stereocenters. The van der Waals surface area contributed by atoms with Crippen molar-refractivity contribution < 1.29 is 28.7 Å². The predicted molar refractivity (Wildman–Crippen MR) is 111 cm³/mol. The third-order valence-corrected chi connectivity index (χ3v) is 5.62. The van der Waals surface area contributed by atoms with E-state index < -0.39 is 11.9 Å². The molecule has 2 heterocycles. The zero-order chi connectivity index (χ0) is 22.4. The molecular formula is C22H27N3O6. The quantitative estimate of drug-likeness (QED) is 0.351. The largest absolute Gasteiger partial charge is 0.469 e. The van der Waals surface area contributed by atoms with Crippen LogP contribution in [-0.2, 0) is 30.5 Å². The van der Waals surface area contributed by atoms with Gasteiger partial charge in [-0.15, -0.1) is 0 Å². The van der Waals surface area contributed by atoms with E-state index in [1.807, 2.05) is 0 Å². The second-order valence-electron chi connectivity index (χ2n) is 7.77. The van der Waals surface area contributed by atoms with E-state index >= 15 is 0 Å². The summed E-state index contributed by atoms with van der Waals surface area (Å²) in [6, 6.07) is 4.44. The number of ether oxygens (including phenoxy) is 1. The number of amides is 4. The zero-order valence-corrected chi connectivity index (χ0v) is 17.6. The highest BCUT2D eigenvalue weighted by molar-refractivity contribution is 6.06. The van der Waals surface area contributed by atoms with Gasteiger partial charge in [-0.2, -0.15) is 0 Å². The van der Waals surface area contributed by atoms with Gasteiger partial charge in [-0.25, -0.2) is 0 Å². The summed E-state index contributed by atoms with van der Waals surface area (Å²) in [4.78, 5) is 61.3. The number of anilines is 1. The Morgan fingerprint density at radius 1 is 1.13 bits per heavy atom. The topological polar surface area (TPSA) is 122 Å². The van der Waals surface area contributed by atoms with Crippen LogP contribution < -0.4 is 10.6 Å². The van der Waals surface area contributed by atoms with Gasteiger partial charge in [0.1, 0.15) is 6.04 Å². The molecule has 1 fully saturated rings. The maximum absolute atomic E-state index is 12.8. The monoisotopic (exact) mass is 429 g/mol.